The van der Waals surface area contributed by atoms with Crippen LogP contribution in [0.4, 0.5) is 0 Å². The van der Waals surface area contributed by atoms with Crippen LogP contribution in [0, 0.1) is 20.8 Å². The Labute approximate surface area is 268 Å². The third kappa shape index (κ3) is 13.9. The van der Waals surface area contributed by atoms with Gasteiger partial charge in [-0.2, -0.15) is 0 Å². The molecule has 0 saturated heterocycles. The first-order valence-corrected chi connectivity index (χ1v) is 16.4. The predicted molar refractivity (Wildman–Crippen MR) is 191 cm³/mol. The molecular formula is C40H56O2S. The fraction of sp³-hybridized carbons (Fsp3) is 0.400. The zero-order valence-electron chi connectivity index (χ0n) is 28.8. The maximum atomic E-state index is 5.84. The molecule has 2 nitrogen and oxygen atoms in total. The van der Waals surface area contributed by atoms with Gasteiger partial charge in [-0.1, -0.05) is 146 Å². The fourth-order valence-electron chi connectivity index (χ4n) is 4.06. The summed E-state index contributed by atoms with van der Waals surface area (Å²) in [6.45, 7) is 24.0. The minimum Gasteiger partial charge on any atom is -0.457 e. The maximum Gasteiger partial charge on any atom is 0.130 e. The SMILES string of the molecule is CCC.COSc1c(C(C)C)cc(C(C)C)cc1C(C)C.Cc1ccccc1.Cc1ccccc1Oc1ccccc1C. The van der Waals surface area contributed by atoms with Gasteiger partial charge in [-0.25, -0.2) is 0 Å². The van der Waals surface area contributed by atoms with Crippen LogP contribution in [0.15, 0.2) is 95.9 Å². The van der Waals surface area contributed by atoms with Crippen LogP contribution in [0.5, 0.6) is 11.5 Å². The molecule has 0 fully saturated rings. The molecule has 0 saturated carbocycles. The van der Waals surface area contributed by atoms with Gasteiger partial charge in [-0.3, -0.25) is 0 Å². The van der Waals surface area contributed by atoms with E-state index in [1.165, 1.54) is 45.6 Å². The molecule has 0 aliphatic heterocycles. The van der Waals surface area contributed by atoms with E-state index < -0.39 is 0 Å². The first kappa shape index (κ1) is 38.0. The van der Waals surface area contributed by atoms with E-state index in [0.717, 1.165) is 22.6 Å². The highest BCUT2D eigenvalue weighted by atomic mass is 32.2. The van der Waals surface area contributed by atoms with Gasteiger partial charge in [0.1, 0.15) is 11.5 Å². The molecule has 4 aromatic carbocycles. The summed E-state index contributed by atoms with van der Waals surface area (Å²) >= 11 is 1.51. The van der Waals surface area contributed by atoms with Gasteiger partial charge in [0.15, 0.2) is 0 Å². The quantitative estimate of drug-likeness (QED) is 0.197. The van der Waals surface area contributed by atoms with E-state index >= 15 is 0 Å². The van der Waals surface area contributed by atoms with Crippen LogP contribution < -0.4 is 4.74 Å². The van der Waals surface area contributed by atoms with E-state index in [0.29, 0.717) is 17.8 Å². The lowest BCUT2D eigenvalue weighted by Crippen LogP contribution is -2.02. The minimum atomic E-state index is 0.527. The Balaban J connectivity index is 0.000000330. The van der Waals surface area contributed by atoms with Gasteiger partial charge in [-0.05, 0) is 78.5 Å². The molecule has 0 aromatic heterocycles. The summed E-state index contributed by atoms with van der Waals surface area (Å²) in [6, 6.07) is 31.0. The second-order valence-electron chi connectivity index (χ2n) is 11.7. The molecule has 0 spiro atoms. The Hall–Kier alpha value is -3.01. The molecule has 0 heterocycles. The van der Waals surface area contributed by atoms with Gasteiger partial charge >= 0.3 is 0 Å². The number of ether oxygens (including phenoxy) is 1. The topological polar surface area (TPSA) is 18.5 Å². The Kier molecular flexibility index (Phi) is 18.4. The van der Waals surface area contributed by atoms with Gasteiger partial charge in [-0.15, -0.1) is 0 Å². The van der Waals surface area contributed by atoms with Crippen molar-refractivity contribution in [3.05, 3.63) is 124 Å². The van der Waals surface area contributed by atoms with Crippen molar-refractivity contribution in [1.82, 2.24) is 0 Å². The van der Waals surface area contributed by atoms with Crippen molar-refractivity contribution < 1.29 is 8.92 Å². The molecular weight excluding hydrogens is 545 g/mol. The summed E-state index contributed by atoms with van der Waals surface area (Å²) < 4.78 is 11.2. The third-order valence-corrected chi connectivity index (χ3v) is 7.40. The molecule has 0 aliphatic rings. The molecule has 234 valence electrons. The highest BCUT2D eigenvalue weighted by molar-refractivity contribution is 7.94. The van der Waals surface area contributed by atoms with Crippen LogP contribution in [-0.4, -0.2) is 7.11 Å². The number of hydrogen-bond acceptors (Lipinski definition) is 3. The van der Waals surface area contributed by atoms with Crippen molar-refractivity contribution in [2.75, 3.05) is 7.11 Å². The molecule has 4 rings (SSSR count). The highest BCUT2D eigenvalue weighted by Gasteiger charge is 2.17. The predicted octanol–water partition coefficient (Wildman–Crippen LogP) is 13.2. The summed E-state index contributed by atoms with van der Waals surface area (Å²) in [6.07, 6.45) is 1.25. The summed E-state index contributed by atoms with van der Waals surface area (Å²) in [7, 11) is 1.75. The molecule has 0 N–H and O–H groups in total. The van der Waals surface area contributed by atoms with Crippen molar-refractivity contribution in [1.29, 1.82) is 0 Å². The lowest BCUT2D eigenvalue weighted by atomic mass is 9.89. The van der Waals surface area contributed by atoms with Gasteiger partial charge in [0.2, 0.25) is 0 Å². The molecule has 0 radical (unpaired) electrons. The number of para-hydroxylation sites is 2. The largest absolute Gasteiger partial charge is 0.457 e. The lowest BCUT2D eigenvalue weighted by molar-refractivity contribution is 0.475. The van der Waals surface area contributed by atoms with Gasteiger partial charge < -0.3 is 8.92 Å². The maximum absolute atomic E-state index is 5.84. The van der Waals surface area contributed by atoms with Crippen molar-refractivity contribution >= 4 is 12.0 Å². The van der Waals surface area contributed by atoms with E-state index in [4.69, 9.17) is 8.92 Å². The first-order chi connectivity index (χ1) is 20.5. The molecule has 0 amide bonds. The van der Waals surface area contributed by atoms with Crippen LogP contribution in [0.3, 0.4) is 0 Å². The van der Waals surface area contributed by atoms with Crippen molar-refractivity contribution in [3.8, 4) is 11.5 Å². The molecule has 0 aliphatic carbocycles. The Bertz CT molecular complexity index is 1240. The lowest BCUT2D eigenvalue weighted by Gasteiger charge is -2.21. The zero-order valence-corrected chi connectivity index (χ0v) is 29.6. The first-order valence-electron chi connectivity index (χ1n) is 15.7. The Morgan fingerprint density at radius 2 is 0.977 bits per heavy atom. The monoisotopic (exact) mass is 600 g/mol. The smallest absolute Gasteiger partial charge is 0.130 e. The zero-order chi connectivity index (χ0) is 32.4. The molecule has 0 unspecified atom stereocenters. The summed E-state index contributed by atoms with van der Waals surface area (Å²) in [5.41, 5.74) is 7.89. The van der Waals surface area contributed by atoms with Gasteiger partial charge in [0, 0.05) is 16.9 Å². The fourth-order valence-corrected chi connectivity index (χ4v) is 5.01. The van der Waals surface area contributed by atoms with Crippen LogP contribution in [0.1, 0.15) is 113 Å². The van der Waals surface area contributed by atoms with E-state index in [-0.39, 0.29) is 0 Å². The normalized spacial score (nSPS) is 10.3. The van der Waals surface area contributed by atoms with E-state index in [2.05, 4.69) is 86.6 Å². The molecule has 0 atom stereocenters. The number of rotatable bonds is 7. The molecule has 43 heavy (non-hydrogen) atoms. The highest BCUT2D eigenvalue weighted by Crippen LogP contribution is 2.38. The average Bonchev–Trinajstić information content (AvgIpc) is 2.97. The van der Waals surface area contributed by atoms with Crippen molar-refractivity contribution in [2.24, 2.45) is 0 Å². The van der Waals surface area contributed by atoms with Crippen LogP contribution in [0.25, 0.3) is 0 Å². The Morgan fingerprint density at radius 3 is 1.28 bits per heavy atom. The second-order valence-corrected chi connectivity index (χ2v) is 12.6. The number of hydrogen-bond donors (Lipinski definition) is 0. The second kappa shape index (κ2) is 20.8. The van der Waals surface area contributed by atoms with E-state index in [1.54, 1.807) is 7.11 Å². The van der Waals surface area contributed by atoms with E-state index in [9.17, 15) is 0 Å². The van der Waals surface area contributed by atoms with Crippen LogP contribution in [0.2, 0.25) is 0 Å². The molecule has 0 bridgehead atoms. The van der Waals surface area contributed by atoms with Crippen molar-refractivity contribution in [2.45, 2.75) is 105 Å². The summed E-state index contributed by atoms with van der Waals surface area (Å²) in [4.78, 5) is 1.31. The van der Waals surface area contributed by atoms with Crippen molar-refractivity contribution in [3.63, 3.8) is 0 Å². The third-order valence-electron chi connectivity index (χ3n) is 6.59. The van der Waals surface area contributed by atoms with Gasteiger partial charge in [0.25, 0.3) is 0 Å². The number of benzene rings is 4. The summed E-state index contributed by atoms with van der Waals surface area (Å²) in [5, 5.41) is 0. The van der Waals surface area contributed by atoms with Crippen LogP contribution >= 0.6 is 12.0 Å². The molecule has 3 heteroatoms. The standard InChI is InChI=1S/C16H26OS.C14H14O.C7H8.C3H8/c1-10(2)13-8-14(11(3)4)16(18-17-7)15(9-13)12(5)6;1-11-7-3-5-9-13(11)15-14-10-6-4-8-12(14)2;1-7-5-3-2-4-6-7;1-3-2/h8-12H,1-7H3;3-10H,1-2H3;2-6H,1H3;3H2,1-2H3. The van der Waals surface area contributed by atoms with E-state index in [1.807, 2.05) is 80.6 Å². The molecule has 4 aromatic rings. The minimum absolute atomic E-state index is 0.527. The van der Waals surface area contributed by atoms with Gasteiger partial charge in [0.05, 0.1) is 7.11 Å². The number of aryl methyl sites for hydroxylation is 3. The summed E-state index contributed by atoms with van der Waals surface area (Å²) in [5.74, 6) is 3.47. The Morgan fingerprint density at radius 1 is 0.581 bits per heavy atom. The van der Waals surface area contributed by atoms with Crippen LogP contribution in [-0.2, 0) is 4.18 Å². The average molecular weight is 601 g/mol.